The summed E-state index contributed by atoms with van der Waals surface area (Å²) in [6.07, 6.45) is 8.76. The number of halogens is 1. The van der Waals surface area contributed by atoms with E-state index in [9.17, 15) is 4.79 Å². The van der Waals surface area contributed by atoms with E-state index in [1.54, 1.807) is 18.3 Å². The van der Waals surface area contributed by atoms with Crippen molar-refractivity contribution in [2.45, 2.75) is 38.1 Å². The van der Waals surface area contributed by atoms with Gasteiger partial charge in [-0.3, -0.25) is 4.79 Å². The highest BCUT2D eigenvalue weighted by molar-refractivity contribution is 6.30. The Morgan fingerprint density at radius 2 is 1.96 bits per heavy atom. The number of benzene rings is 1. The summed E-state index contributed by atoms with van der Waals surface area (Å²) in [6.45, 7) is 0. The molecule has 23 heavy (non-hydrogen) atoms. The summed E-state index contributed by atoms with van der Waals surface area (Å²) in [5.41, 5.74) is 1.17. The number of nitrogens with one attached hydrogen (secondary N) is 2. The zero-order valence-electron chi connectivity index (χ0n) is 12.8. The average molecular weight is 331 g/mol. The summed E-state index contributed by atoms with van der Waals surface area (Å²) in [5.74, 6) is 0.417. The number of amides is 1. The molecule has 1 fully saturated rings. The summed E-state index contributed by atoms with van der Waals surface area (Å²) in [5, 5.41) is 6.78. The van der Waals surface area contributed by atoms with Gasteiger partial charge in [0.25, 0.3) is 5.91 Å². The topological polar surface area (TPSA) is 66.9 Å². The maximum Gasteiger partial charge on any atom is 0.271 e. The number of nitrogens with zero attached hydrogens (tertiary/aromatic N) is 2. The van der Waals surface area contributed by atoms with Crippen molar-refractivity contribution in [3.05, 3.63) is 47.4 Å². The van der Waals surface area contributed by atoms with Gasteiger partial charge in [-0.1, -0.05) is 36.9 Å². The molecule has 1 aliphatic carbocycles. The van der Waals surface area contributed by atoms with Crippen LogP contribution in [0.4, 0.5) is 11.5 Å². The number of hydrogen-bond acceptors (Lipinski definition) is 4. The Morgan fingerprint density at radius 1 is 1.13 bits per heavy atom. The molecule has 3 rings (SSSR count). The summed E-state index contributed by atoms with van der Waals surface area (Å²) < 4.78 is 0. The normalized spacial score (nSPS) is 15.2. The highest BCUT2D eigenvalue weighted by atomic mass is 35.5. The molecule has 0 radical (unpaired) electrons. The van der Waals surface area contributed by atoms with Crippen molar-refractivity contribution >= 4 is 29.0 Å². The van der Waals surface area contributed by atoms with Crippen LogP contribution in [-0.2, 0) is 0 Å². The lowest BCUT2D eigenvalue weighted by Crippen LogP contribution is -2.36. The number of rotatable bonds is 4. The molecule has 0 unspecified atom stereocenters. The monoisotopic (exact) mass is 330 g/mol. The van der Waals surface area contributed by atoms with Gasteiger partial charge in [0, 0.05) is 16.8 Å². The van der Waals surface area contributed by atoms with E-state index in [-0.39, 0.29) is 11.9 Å². The number of hydrogen-bond donors (Lipinski definition) is 2. The van der Waals surface area contributed by atoms with Crippen LogP contribution >= 0.6 is 11.6 Å². The zero-order chi connectivity index (χ0) is 16.1. The SMILES string of the molecule is O=C(NC1CCCCC1)c1cnc(Nc2cccc(Cl)c2)cn1. The molecular weight excluding hydrogens is 312 g/mol. The molecule has 0 aliphatic heterocycles. The van der Waals surface area contributed by atoms with Crippen molar-refractivity contribution in [3.8, 4) is 0 Å². The quantitative estimate of drug-likeness (QED) is 0.891. The first-order valence-corrected chi connectivity index (χ1v) is 8.24. The molecule has 6 heteroatoms. The molecule has 1 heterocycles. The molecule has 0 bridgehead atoms. The van der Waals surface area contributed by atoms with Crippen molar-refractivity contribution in [3.63, 3.8) is 0 Å². The number of carbonyl (C=O) groups is 1. The fourth-order valence-corrected chi connectivity index (χ4v) is 2.92. The van der Waals surface area contributed by atoms with Crippen molar-refractivity contribution in [1.29, 1.82) is 0 Å². The molecule has 1 amide bonds. The lowest BCUT2D eigenvalue weighted by atomic mass is 9.95. The second-order valence-corrected chi connectivity index (χ2v) is 6.17. The second kappa shape index (κ2) is 7.42. The summed E-state index contributed by atoms with van der Waals surface area (Å²) >= 11 is 5.94. The van der Waals surface area contributed by atoms with Crippen LogP contribution in [0.15, 0.2) is 36.7 Å². The minimum absolute atomic E-state index is 0.154. The zero-order valence-corrected chi connectivity index (χ0v) is 13.5. The Morgan fingerprint density at radius 3 is 2.65 bits per heavy atom. The fourth-order valence-electron chi connectivity index (χ4n) is 2.73. The van der Waals surface area contributed by atoms with Gasteiger partial charge < -0.3 is 10.6 Å². The lowest BCUT2D eigenvalue weighted by molar-refractivity contribution is 0.0922. The van der Waals surface area contributed by atoms with E-state index in [0.717, 1.165) is 18.5 Å². The molecule has 0 atom stereocenters. The maximum atomic E-state index is 12.2. The van der Waals surface area contributed by atoms with Gasteiger partial charge in [-0.25, -0.2) is 9.97 Å². The molecule has 1 aromatic carbocycles. The van der Waals surface area contributed by atoms with Crippen LogP contribution in [0.25, 0.3) is 0 Å². The average Bonchev–Trinajstić information content (AvgIpc) is 2.56. The van der Waals surface area contributed by atoms with Crippen molar-refractivity contribution in [2.75, 3.05) is 5.32 Å². The van der Waals surface area contributed by atoms with Crippen molar-refractivity contribution in [1.82, 2.24) is 15.3 Å². The fraction of sp³-hybridized carbons (Fsp3) is 0.353. The van der Waals surface area contributed by atoms with Crippen LogP contribution < -0.4 is 10.6 Å². The third-order valence-electron chi connectivity index (χ3n) is 3.92. The van der Waals surface area contributed by atoms with Gasteiger partial charge in [0.15, 0.2) is 0 Å². The minimum Gasteiger partial charge on any atom is -0.348 e. The van der Waals surface area contributed by atoms with E-state index in [1.165, 1.54) is 25.5 Å². The Balaban J connectivity index is 1.61. The van der Waals surface area contributed by atoms with Crippen LogP contribution in [-0.4, -0.2) is 21.9 Å². The first-order valence-electron chi connectivity index (χ1n) is 7.86. The summed E-state index contributed by atoms with van der Waals surface area (Å²) in [6, 6.07) is 7.60. The van der Waals surface area contributed by atoms with E-state index in [0.29, 0.717) is 16.5 Å². The summed E-state index contributed by atoms with van der Waals surface area (Å²) in [4.78, 5) is 20.6. The predicted octanol–water partition coefficient (Wildman–Crippen LogP) is 3.94. The highest BCUT2D eigenvalue weighted by Crippen LogP contribution is 2.19. The Labute approximate surface area is 140 Å². The molecule has 1 aromatic heterocycles. The first-order chi connectivity index (χ1) is 11.2. The van der Waals surface area contributed by atoms with Crippen molar-refractivity contribution < 1.29 is 4.79 Å². The van der Waals surface area contributed by atoms with Gasteiger partial charge in [-0.05, 0) is 31.0 Å². The van der Waals surface area contributed by atoms with E-state index in [4.69, 9.17) is 11.6 Å². The molecule has 0 saturated heterocycles. The molecule has 120 valence electrons. The van der Waals surface area contributed by atoms with Gasteiger partial charge >= 0.3 is 0 Å². The number of carbonyl (C=O) groups excluding carboxylic acids is 1. The van der Waals surface area contributed by atoms with E-state index >= 15 is 0 Å². The van der Waals surface area contributed by atoms with Crippen LogP contribution in [0.1, 0.15) is 42.6 Å². The van der Waals surface area contributed by atoms with Gasteiger partial charge in [0.1, 0.15) is 11.5 Å². The molecule has 0 spiro atoms. The molecule has 1 saturated carbocycles. The van der Waals surface area contributed by atoms with E-state index < -0.39 is 0 Å². The minimum atomic E-state index is -0.154. The molecular formula is C17H19ClN4O. The third kappa shape index (κ3) is 4.42. The molecule has 2 aromatic rings. The Bertz CT molecular complexity index is 669. The van der Waals surface area contributed by atoms with E-state index in [2.05, 4.69) is 20.6 Å². The van der Waals surface area contributed by atoms with Gasteiger partial charge in [-0.2, -0.15) is 0 Å². The number of aromatic nitrogens is 2. The van der Waals surface area contributed by atoms with Gasteiger partial charge in [-0.15, -0.1) is 0 Å². The Kier molecular flexibility index (Phi) is 5.08. The third-order valence-corrected chi connectivity index (χ3v) is 4.16. The van der Waals surface area contributed by atoms with Crippen LogP contribution in [0.5, 0.6) is 0 Å². The smallest absolute Gasteiger partial charge is 0.271 e. The van der Waals surface area contributed by atoms with E-state index in [1.807, 2.05) is 12.1 Å². The predicted molar refractivity (Wildman–Crippen MR) is 91.1 cm³/mol. The first kappa shape index (κ1) is 15.7. The van der Waals surface area contributed by atoms with Gasteiger partial charge in [0.2, 0.25) is 0 Å². The second-order valence-electron chi connectivity index (χ2n) is 5.73. The molecule has 5 nitrogen and oxygen atoms in total. The standard InChI is InChI=1S/C17H19ClN4O/c18-12-5-4-8-14(9-12)21-16-11-19-15(10-20-16)17(23)22-13-6-2-1-3-7-13/h4-5,8-11,13H,1-3,6-7H2,(H,20,21)(H,22,23). The van der Waals surface area contributed by atoms with Crippen LogP contribution in [0, 0.1) is 0 Å². The van der Waals surface area contributed by atoms with Gasteiger partial charge in [0.05, 0.1) is 12.4 Å². The number of anilines is 2. The maximum absolute atomic E-state index is 12.2. The van der Waals surface area contributed by atoms with Crippen LogP contribution in [0.3, 0.4) is 0 Å². The van der Waals surface area contributed by atoms with Crippen LogP contribution in [0.2, 0.25) is 5.02 Å². The van der Waals surface area contributed by atoms with Crippen molar-refractivity contribution in [2.24, 2.45) is 0 Å². The summed E-state index contributed by atoms with van der Waals surface area (Å²) in [7, 11) is 0. The Hall–Kier alpha value is -2.14. The largest absolute Gasteiger partial charge is 0.348 e. The molecule has 2 N–H and O–H groups in total. The highest BCUT2D eigenvalue weighted by Gasteiger charge is 2.17. The lowest BCUT2D eigenvalue weighted by Gasteiger charge is -2.22. The molecule has 1 aliphatic rings.